The molecule has 0 fully saturated rings. The molecule has 2 heteroatoms. The first-order valence-corrected chi connectivity index (χ1v) is 18.9. The zero-order chi connectivity index (χ0) is 36.5. The quantitative estimate of drug-likeness (QED) is 0.185. The summed E-state index contributed by atoms with van der Waals surface area (Å²) in [6.45, 7) is 23.3. The van der Waals surface area contributed by atoms with E-state index in [9.17, 15) is 0 Å². The van der Waals surface area contributed by atoms with E-state index in [0.29, 0.717) is 0 Å². The Morgan fingerprint density at radius 2 is 1.02 bits per heavy atom. The standard InChI is InChI=1S/C50H49NO/c1-47(2,3)30-26-37-45-43(20-15-21-44(45)52-46(37)42(27-30)48(4,5)6)51(31-22-24-35-33-16-11-13-18-38(33)49(7,8)40(35)28-31)32-23-25-36-34-17-12-14-19-39(34)50(9,10)41(36)29-32/h11-29H,1-10H3. The van der Waals surface area contributed by atoms with Gasteiger partial charge in [0.25, 0.3) is 0 Å². The van der Waals surface area contributed by atoms with Crippen molar-refractivity contribution in [2.75, 3.05) is 4.90 Å². The van der Waals surface area contributed by atoms with Crippen LogP contribution in [0.1, 0.15) is 103 Å². The van der Waals surface area contributed by atoms with Gasteiger partial charge < -0.3 is 9.32 Å². The Balaban J connectivity index is 1.35. The molecule has 0 unspecified atom stereocenters. The maximum atomic E-state index is 6.91. The largest absolute Gasteiger partial charge is 0.456 e. The Morgan fingerprint density at radius 3 is 1.54 bits per heavy atom. The molecule has 0 saturated heterocycles. The van der Waals surface area contributed by atoms with Crippen molar-refractivity contribution < 1.29 is 4.42 Å². The molecule has 0 radical (unpaired) electrons. The zero-order valence-electron chi connectivity index (χ0n) is 32.3. The van der Waals surface area contributed by atoms with Gasteiger partial charge in [0.2, 0.25) is 0 Å². The predicted octanol–water partition coefficient (Wildman–Crippen LogP) is 14.3. The normalized spacial score (nSPS) is 15.4. The van der Waals surface area contributed by atoms with Crippen LogP contribution in [0.3, 0.4) is 0 Å². The van der Waals surface area contributed by atoms with Gasteiger partial charge in [-0.1, -0.05) is 142 Å². The van der Waals surface area contributed by atoms with Crippen LogP contribution in [-0.4, -0.2) is 0 Å². The summed E-state index contributed by atoms with van der Waals surface area (Å²) in [5, 5.41) is 2.33. The molecule has 9 rings (SSSR count). The molecule has 0 amide bonds. The van der Waals surface area contributed by atoms with Crippen LogP contribution in [0.25, 0.3) is 44.2 Å². The minimum absolute atomic E-state index is 0.0203. The Kier molecular flexibility index (Phi) is 6.77. The van der Waals surface area contributed by atoms with Crippen molar-refractivity contribution in [2.45, 2.75) is 90.9 Å². The van der Waals surface area contributed by atoms with Crippen molar-refractivity contribution in [3.63, 3.8) is 0 Å². The molecule has 6 aromatic carbocycles. The lowest BCUT2D eigenvalue weighted by atomic mass is 9.79. The highest BCUT2D eigenvalue weighted by Crippen LogP contribution is 2.54. The summed E-state index contributed by atoms with van der Waals surface area (Å²) in [4.78, 5) is 2.50. The number of hydrogen-bond acceptors (Lipinski definition) is 2. The molecule has 0 atom stereocenters. The van der Waals surface area contributed by atoms with Crippen LogP contribution < -0.4 is 4.90 Å². The fraction of sp³-hybridized carbons (Fsp3) is 0.280. The third-order valence-corrected chi connectivity index (χ3v) is 12.1. The lowest BCUT2D eigenvalue weighted by molar-refractivity contribution is 0.559. The molecule has 260 valence electrons. The van der Waals surface area contributed by atoms with Crippen molar-refractivity contribution in [3.8, 4) is 22.3 Å². The van der Waals surface area contributed by atoms with Crippen LogP contribution in [0.5, 0.6) is 0 Å². The molecule has 52 heavy (non-hydrogen) atoms. The fourth-order valence-corrected chi connectivity index (χ4v) is 9.18. The molecule has 0 aliphatic heterocycles. The van der Waals surface area contributed by atoms with E-state index in [2.05, 4.69) is 189 Å². The number of fused-ring (bicyclic) bond motifs is 9. The maximum absolute atomic E-state index is 6.91. The van der Waals surface area contributed by atoms with E-state index >= 15 is 0 Å². The summed E-state index contributed by atoms with van der Waals surface area (Å²) >= 11 is 0. The number of benzene rings is 6. The Hall–Kier alpha value is -5.08. The van der Waals surface area contributed by atoms with Gasteiger partial charge in [-0.2, -0.15) is 0 Å². The number of furan rings is 1. The highest BCUT2D eigenvalue weighted by molar-refractivity contribution is 6.14. The van der Waals surface area contributed by atoms with Gasteiger partial charge in [-0.3, -0.25) is 0 Å². The highest BCUT2D eigenvalue weighted by Gasteiger charge is 2.38. The monoisotopic (exact) mass is 679 g/mol. The third-order valence-electron chi connectivity index (χ3n) is 12.1. The minimum Gasteiger partial charge on any atom is -0.456 e. The molecule has 1 heterocycles. The van der Waals surface area contributed by atoms with Gasteiger partial charge in [-0.15, -0.1) is 0 Å². The van der Waals surface area contributed by atoms with Crippen LogP contribution in [0.2, 0.25) is 0 Å². The average Bonchev–Trinajstić information content (AvgIpc) is 3.67. The van der Waals surface area contributed by atoms with Crippen LogP contribution in [-0.2, 0) is 21.7 Å². The summed E-state index contributed by atoms with van der Waals surface area (Å²) in [5.41, 5.74) is 18.4. The second-order valence-corrected chi connectivity index (χ2v) is 18.3. The van der Waals surface area contributed by atoms with Crippen molar-refractivity contribution in [3.05, 3.63) is 149 Å². The Morgan fingerprint density at radius 1 is 0.500 bits per heavy atom. The fourth-order valence-electron chi connectivity index (χ4n) is 9.18. The first kappa shape index (κ1) is 32.8. The van der Waals surface area contributed by atoms with Crippen LogP contribution >= 0.6 is 0 Å². The van der Waals surface area contributed by atoms with E-state index in [1.807, 2.05) is 0 Å². The van der Waals surface area contributed by atoms with Crippen LogP contribution in [0.4, 0.5) is 17.1 Å². The molecule has 0 spiro atoms. The predicted molar refractivity (Wildman–Crippen MR) is 221 cm³/mol. The molecule has 0 N–H and O–H groups in total. The smallest absolute Gasteiger partial charge is 0.139 e. The number of anilines is 3. The SMILES string of the molecule is CC(C)(C)c1cc(C(C)(C)C)c2oc3cccc(N(c4ccc5c(c4)C(C)(C)c4ccccc4-5)c4ccc5c(c4)C(C)(C)c4ccccc4-5)c3c2c1. The topological polar surface area (TPSA) is 16.4 Å². The molecule has 0 saturated carbocycles. The summed E-state index contributed by atoms with van der Waals surface area (Å²) < 4.78 is 6.91. The lowest BCUT2D eigenvalue weighted by Crippen LogP contribution is -2.18. The molecular formula is C50H49NO. The van der Waals surface area contributed by atoms with E-state index in [4.69, 9.17) is 4.42 Å². The van der Waals surface area contributed by atoms with E-state index in [1.54, 1.807) is 0 Å². The van der Waals surface area contributed by atoms with Crippen molar-refractivity contribution in [1.29, 1.82) is 0 Å². The van der Waals surface area contributed by atoms with Crippen molar-refractivity contribution >= 4 is 39.0 Å². The molecule has 2 nitrogen and oxygen atoms in total. The van der Waals surface area contributed by atoms with Crippen LogP contribution in [0.15, 0.2) is 120 Å². The van der Waals surface area contributed by atoms with E-state index < -0.39 is 0 Å². The number of rotatable bonds is 3. The molecule has 2 aliphatic carbocycles. The molecule has 1 aromatic heterocycles. The molecule has 2 aliphatic rings. The van der Waals surface area contributed by atoms with Gasteiger partial charge in [0.05, 0.1) is 11.1 Å². The highest BCUT2D eigenvalue weighted by atomic mass is 16.3. The first-order chi connectivity index (χ1) is 24.6. The average molecular weight is 680 g/mol. The van der Waals surface area contributed by atoms with Gasteiger partial charge in [0, 0.05) is 33.2 Å². The molecule has 7 aromatic rings. The summed E-state index contributed by atoms with van der Waals surface area (Å²) in [5.74, 6) is 0. The number of hydrogen-bond donors (Lipinski definition) is 0. The molecule has 0 bridgehead atoms. The maximum Gasteiger partial charge on any atom is 0.139 e. The number of nitrogens with zero attached hydrogens (tertiary/aromatic N) is 1. The van der Waals surface area contributed by atoms with Crippen molar-refractivity contribution in [2.24, 2.45) is 0 Å². The second-order valence-electron chi connectivity index (χ2n) is 18.3. The van der Waals surface area contributed by atoms with E-state index in [1.165, 1.54) is 61.0 Å². The third kappa shape index (κ3) is 4.62. The Labute approximate surface area is 309 Å². The van der Waals surface area contributed by atoms with E-state index in [-0.39, 0.29) is 21.7 Å². The minimum atomic E-state index is -0.118. The zero-order valence-corrected chi connectivity index (χ0v) is 32.3. The van der Waals surface area contributed by atoms with Gasteiger partial charge in [-0.05, 0) is 103 Å². The van der Waals surface area contributed by atoms with Gasteiger partial charge in [-0.25, -0.2) is 0 Å². The summed E-state index contributed by atoms with van der Waals surface area (Å²) in [7, 11) is 0. The van der Waals surface area contributed by atoms with Gasteiger partial charge in [0.15, 0.2) is 0 Å². The molecular weight excluding hydrogens is 631 g/mol. The van der Waals surface area contributed by atoms with Crippen LogP contribution in [0, 0.1) is 0 Å². The summed E-state index contributed by atoms with van der Waals surface area (Å²) in [6.07, 6.45) is 0. The van der Waals surface area contributed by atoms with Gasteiger partial charge >= 0.3 is 0 Å². The lowest BCUT2D eigenvalue weighted by Gasteiger charge is -2.30. The van der Waals surface area contributed by atoms with E-state index in [0.717, 1.165) is 33.6 Å². The Bertz CT molecular complexity index is 2490. The van der Waals surface area contributed by atoms with Crippen molar-refractivity contribution in [1.82, 2.24) is 0 Å². The van der Waals surface area contributed by atoms with Gasteiger partial charge in [0.1, 0.15) is 11.2 Å². The first-order valence-electron chi connectivity index (χ1n) is 18.9. The summed E-state index contributed by atoms with van der Waals surface area (Å²) in [6, 6.07) is 43.4. The second kappa shape index (κ2) is 10.7.